The third kappa shape index (κ3) is 5.34. The molecule has 0 radical (unpaired) electrons. The standard InChI is InChI=1S/C22H26N4O3/c1-18-16-20(5-6-21(18)29-17-19-4-2-3-8-23-19)26-9-7-22(24-26)28-15-12-25-10-13-27-14-11-25/h2-9,16H,10-15,17H2,1H3. The van der Waals surface area contributed by atoms with Gasteiger partial charge in [0.05, 0.1) is 24.6 Å². The van der Waals surface area contributed by atoms with Crippen molar-refractivity contribution in [1.82, 2.24) is 19.7 Å². The van der Waals surface area contributed by atoms with Gasteiger partial charge in [0.2, 0.25) is 5.88 Å². The zero-order chi connectivity index (χ0) is 19.9. The van der Waals surface area contributed by atoms with Crippen LogP contribution in [0.2, 0.25) is 0 Å². The summed E-state index contributed by atoms with van der Waals surface area (Å²) in [7, 11) is 0. The van der Waals surface area contributed by atoms with Crippen molar-refractivity contribution >= 4 is 0 Å². The van der Waals surface area contributed by atoms with Crippen LogP contribution in [0.4, 0.5) is 0 Å². The van der Waals surface area contributed by atoms with Gasteiger partial charge in [0.15, 0.2) is 0 Å². The average molecular weight is 394 g/mol. The third-order valence-electron chi connectivity index (χ3n) is 4.85. The number of aryl methyl sites for hydroxylation is 1. The smallest absolute Gasteiger partial charge is 0.233 e. The van der Waals surface area contributed by atoms with E-state index in [1.54, 1.807) is 6.20 Å². The highest BCUT2D eigenvalue weighted by atomic mass is 16.5. The van der Waals surface area contributed by atoms with E-state index in [0.717, 1.165) is 55.5 Å². The molecule has 0 N–H and O–H groups in total. The molecule has 0 atom stereocenters. The average Bonchev–Trinajstić information content (AvgIpc) is 3.23. The molecule has 1 fully saturated rings. The molecule has 1 aliphatic heterocycles. The normalized spacial score (nSPS) is 14.7. The molecule has 3 aromatic rings. The van der Waals surface area contributed by atoms with E-state index in [1.165, 1.54) is 0 Å². The van der Waals surface area contributed by atoms with Crippen LogP contribution in [0.25, 0.3) is 5.69 Å². The SMILES string of the molecule is Cc1cc(-n2ccc(OCCN3CCOCC3)n2)ccc1OCc1ccccn1. The summed E-state index contributed by atoms with van der Waals surface area (Å²) in [5.74, 6) is 1.47. The summed E-state index contributed by atoms with van der Waals surface area (Å²) in [5, 5.41) is 4.53. The Morgan fingerprint density at radius 2 is 1.97 bits per heavy atom. The summed E-state index contributed by atoms with van der Waals surface area (Å²) in [6.07, 6.45) is 3.68. The Morgan fingerprint density at radius 1 is 1.07 bits per heavy atom. The molecule has 4 rings (SSSR count). The van der Waals surface area contributed by atoms with E-state index in [9.17, 15) is 0 Å². The topological polar surface area (TPSA) is 61.6 Å². The summed E-state index contributed by atoms with van der Waals surface area (Å²) in [4.78, 5) is 6.62. The Labute approximate surface area is 170 Å². The number of ether oxygens (including phenoxy) is 3. The lowest BCUT2D eigenvalue weighted by Crippen LogP contribution is -2.38. The number of aromatic nitrogens is 3. The largest absolute Gasteiger partial charge is 0.487 e. The second-order valence-corrected chi connectivity index (χ2v) is 6.96. The van der Waals surface area contributed by atoms with Crippen molar-refractivity contribution in [1.29, 1.82) is 0 Å². The Hall–Kier alpha value is -2.90. The zero-order valence-electron chi connectivity index (χ0n) is 16.7. The van der Waals surface area contributed by atoms with Gasteiger partial charge in [-0.1, -0.05) is 6.07 Å². The lowest BCUT2D eigenvalue weighted by atomic mass is 10.2. The van der Waals surface area contributed by atoms with E-state index in [0.29, 0.717) is 19.1 Å². The van der Waals surface area contributed by atoms with Crippen LogP contribution in [0.1, 0.15) is 11.3 Å². The molecule has 7 heteroatoms. The number of nitrogens with zero attached hydrogens (tertiary/aromatic N) is 4. The second kappa shape index (κ2) is 9.54. The molecule has 2 aromatic heterocycles. The van der Waals surface area contributed by atoms with Crippen LogP contribution < -0.4 is 9.47 Å². The molecule has 29 heavy (non-hydrogen) atoms. The maximum atomic E-state index is 5.90. The molecule has 1 aromatic carbocycles. The Bertz CT molecular complexity index is 907. The van der Waals surface area contributed by atoms with Crippen LogP contribution in [0.15, 0.2) is 54.9 Å². The molecule has 1 aliphatic rings. The maximum absolute atomic E-state index is 5.90. The van der Waals surface area contributed by atoms with Crippen molar-refractivity contribution in [3.8, 4) is 17.3 Å². The minimum Gasteiger partial charge on any atom is -0.487 e. The van der Waals surface area contributed by atoms with Crippen LogP contribution in [-0.2, 0) is 11.3 Å². The third-order valence-corrected chi connectivity index (χ3v) is 4.85. The monoisotopic (exact) mass is 394 g/mol. The molecule has 0 spiro atoms. The van der Waals surface area contributed by atoms with Gasteiger partial charge in [-0.25, -0.2) is 4.68 Å². The number of hydrogen-bond acceptors (Lipinski definition) is 6. The van der Waals surface area contributed by atoms with Gasteiger partial charge in [-0.15, -0.1) is 5.10 Å². The quantitative estimate of drug-likeness (QED) is 0.586. The van der Waals surface area contributed by atoms with Crippen LogP contribution in [0.5, 0.6) is 11.6 Å². The summed E-state index contributed by atoms with van der Waals surface area (Å²) in [6.45, 7) is 7.52. The van der Waals surface area contributed by atoms with Crippen molar-refractivity contribution in [2.45, 2.75) is 13.5 Å². The molecule has 0 saturated carbocycles. The number of pyridine rings is 1. The summed E-state index contributed by atoms with van der Waals surface area (Å²) in [6, 6.07) is 13.7. The molecule has 0 aliphatic carbocycles. The van der Waals surface area contributed by atoms with Crippen molar-refractivity contribution < 1.29 is 14.2 Å². The fourth-order valence-corrected chi connectivity index (χ4v) is 3.21. The summed E-state index contributed by atoms with van der Waals surface area (Å²) >= 11 is 0. The van der Waals surface area contributed by atoms with Gasteiger partial charge in [0.25, 0.3) is 0 Å². The maximum Gasteiger partial charge on any atom is 0.233 e. The molecule has 0 amide bonds. The lowest BCUT2D eigenvalue weighted by molar-refractivity contribution is 0.0320. The molecule has 0 bridgehead atoms. The van der Waals surface area contributed by atoms with Gasteiger partial charge < -0.3 is 14.2 Å². The van der Waals surface area contributed by atoms with Crippen molar-refractivity contribution in [2.75, 3.05) is 39.5 Å². The van der Waals surface area contributed by atoms with Crippen LogP contribution in [0, 0.1) is 6.92 Å². The molecule has 152 valence electrons. The lowest BCUT2D eigenvalue weighted by Gasteiger charge is -2.26. The molecular weight excluding hydrogens is 368 g/mol. The first kappa shape index (κ1) is 19.4. The minimum atomic E-state index is 0.448. The summed E-state index contributed by atoms with van der Waals surface area (Å²) in [5.41, 5.74) is 2.92. The predicted octanol–water partition coefficient (Wildman–Crippen LogP) is 2.87. The van der Waals surface area contributed by atoms with Crippen LogP contribution >= 0.6 is 0 Å². The highest BCUT2D eigenvalue weighted by Gasteiger charge is 2.11. The van der Waals surface area contributed by atoms with Crippen molar-refractivity contribution in [3.63, 3.8) is 0 Å². The van der Waals surface area contributed by atoms with Crippen LogP contribution in [-0.4, -0.2) is 59.1 Å². The first-order valence-electron chi connectivity index (χ1n) is 9.90. The minimum absolute atomic E-state index is 0.448. The molecular formula is C22H26N4O3. The highest BCUT2D eigenvalue weighted by molar-refractivity contribution is 5.43. The van der Waals surface area contributed by atoms with E-state index in [-0.39, 0.29) is 0 Å². The number of morpholine rings is 1. The van der Waals surface area contributed by atoms with Gasteiger partial charge in [0, 0.05) is 38.1 Å². The van der Waals surface area contributed by atoms with Gasteiger partial charge in [-0.05, 0) is 42.8 Å². The molecule has 7 nitrogen and oxygen atoms in total. The van der Waals surface area contributed by atoms with Crippen molar-refractivity contribution in [2.24, 2.45) is 0 Å². The first-order valence-corrected chi connectivity index (χ1v) is 9.90. The van der Waals surface area contributed by atoms with Gasteiger partial charge in [-0.2, -0.15) is 0 Å². The predicted molar refractivity (Wildman–Crippen MR) is 110 cm³/mol. The Morgan fingerprint density at radius 3 is 2.76 bits per heavy atom. The molecule has 1 saturated heterocycles. The van der Waals surface area contributed by atoms with E-state index < -0.39 is 0 Å². The van der Waals surface area contributed by atoms with Gasteiger partial charge in [-0.3, -0.25) is 9.88 Å². The molecule has 0 unspecified atom stereocenters. The number of rotatable bonds is 8. The van der Waals surface area contributed by atoms with E-state index >= 15 is 0 Å². The van der Waals surface area contributed by atoms with E-state index in [4.69, 9.17) is 14.2 Å². The fourth-order valence-electron chi connectivity index (χ4n) is 3.21. The zero-order valence-corrected chi connectivity index (χ0v) is 16.7. The Kier molecular flexibility index (Phi) is 6.38. The fraction of sp³-hybridized carbons (Fsp3) is 0.364. The van der Waals surface area contributed by atoms with E-state index in [1.807, 2.05) is 54.2 Å². The Balaban J connectivity index is 1.32. The van der Waals surface area contributed by atoms with Crippen molar-refractivity contribution in [3.05, 3.63) is 66.1 Å². The van der Waals surface area contributed by atoms with Gasteiger partial charge in [0.1, 0.15) is 19.0 Å². The summed E-state index contributed by atoms with van der Waals surface area (Å²) < 4.78 is 18.9. The van der Waals surface area contributed by atoms with Gasteiger partial charge >= 0.3 is 0 Å². The molecule has 3 heterocycles. The number of benzene rings is 1. The highest BCUT2D eigenvalue weighted by Crippen LogP contribution is 2.22. The second-order valence-electron chi connectivity index (χ2n) is 6.96. The van der Waals surface area contributed by atoms with E-state index in [2.05, 4.69) is 21.0 Å². The van der Waals surface area contributed by atoms with Crippen LogP contribution in [0.3, 0.4) is 0 Å². The first-order chi connectivity index (χ1) is 14.3. The number of hydrogen-bond donors (Lipinski definition) is 0.